The maximum atomic E-state index is 11.1. The third-order valence-electron chi connectivity index (χ3n) is 3.31. The Hall–Kier alpha value is -3.35. The summed E-state index contributed by atoms with van der Waals surface area (Å²) in [5, 5.41) is 22.4. The van der Waals surface area contributed by atoms with Gasteiger partial charge in [-0.15, -0.1) is 0 Å². The average molecular weight is 295 g/mol. The number of nitro benzene ring substituents is 2. The number of pyridine rings is 1. The van der Waals surface area contributed by atoms with E-state index >= 15 is 0 Å². The van der Waals surface area contributed by atoms with Crippen molar-refractivity contribution in [3.63, 3.8) is 0 Å². The zero-order valence-corrected chi connectivity index (χ0v) is 11.2. The lowest BCUT2D eigenvalue weighted by atomic mass is 10.0. The van der Waals surface area contributed by atoms with E-state index in [-0.39, 0.29) is 11.4 Å². The molecule has 0 aliphatic rings. The zero-order chi connectivity index (χ0) is 15.7. The number of nitrogens with zero attached hydrogens (tertiary/aromatic N) is 3. The molecule has 0 aliphatic heterocycles. The summed E-state index contributed by atoms with van der Waals surface area (Å²) in [6.07, 6.45) is 1.53. The van der Waals surface area contributed by atoms with Crippen molar-refractivity contribution in [3.05, 3.63) is 75.0 Å². The van der Waals surface area contributed by atoms with Crippen LogP contribution in [0.15, 0.2) is 54.7 Å². The van der Waals surface area contributed by atoms with Crippen molar-refractivity contribution in [3.8, 4) is 11.1 Å². The number of hydrogen-bond acceptors (Lipinski definition) is 5. The van der Waals surface area contributed by atoms with Gasteiger partial charge in [0.1, 0.15) is 0 Å². The van der Waals surface area contributed by atoms with E-state index in [0.717, 1.165) is 0 Å². The molecule has 0 unspecified atom stereocenters. The van der Waals surface area contributed by atoms with Crippen LogP contribution in [0.4, 0.5) is 11.4 Å². The first kappa shape index (κ1) is 13.6. The van der Waals surface area contributed by atoms with Crippen LogP contribution in [-0.2, 0) is 0 Å². The van der Waals surface area contributed by atoms with Gasteiger partial charge >= 0.3 is 0 Å². The van der Waals surface area contributed by atoms with Crippen LogP contribution in [0.25, 0.3) is 22.0 Å². The van der Waals surface area contributed by atoms with Crippen molar-refractivity contribution in [2.24, 2.45) is 0 Å². The molecule has 2 aromatic carbocycles. The number of benzene rings is 2. The Labute approximate surface area is 124 Å². The highest BCUT2D eigenvalue weighted by Crippen LogP contribution is 2.33. The molecule has 1 heterocycles. The predicted octanol–water partition coefficient (Wildman–Crippen LogP) is 3.72. The standard InChI is InChI=1S/C15H9N3O4/c19-17(20)11-4-1-3-10(9-11)12-6-7-14(18(21)22)13-5-2-8-16-15(12)13/h1-9H. The second kappa shape index (κ2) is 5.21. The zero-order valence-electron chi connectivity index (χ0n) is 11.2. The molecule has 0 spiro atoms. The van der Waals surface area contributed by atoms with Gasteiger partial charge < -0.3 is 0 Å². The summed E-state index contributed by atoms with van der Waals surface area (Å²) in [6.45, 7) is 0. The molecule has 3 rings (SSSR count). The minimum absolute atomic E-state index is 0.0417. The van der Waals surface area contributed by atoms with Crippen LogP contribution in [0, 0.1) is 20.2 Å². The molecular weight excluding hydrogens is 286 g/mol. The second-order valence-corrected chi connectivity index (χ2v) is 4.60. The van der Waals surface area contributed by atoms with Crippen LogP contribution in [0.2, 0.25) is 0 Å². The maximum Gasteiger partial charge on any atom is 0.278 e. The quantitative estimate of drug-likeness (QED) is 0.541. The first-order chi connectivity index (χ1) is 10.6. The minimum atomic E-state index is -0.482. The van der Waals surface area contributed by atoms with E-state index in [1.54, 1.807) is 30.3 Å². The molecule has 0 aliphatic carbocycles. The summed E-state index contributed by atoms with van der Waals surface area (Å²) in [6, 6.07) is 12.3. The van der Waals surface area contributed by atoms with E-state index in [2.05, 4.69) is 4.98 Å². The van der Waals surface area contributed by atoms with E-state index in [0.29, 0.717) is 22.0 Å². The van der Waals surface area contributed by atoms with Crippen LogP contribution in [0.3, 0.4) is 0 Å². The number of hydrogen-bond donors (Lipinski definition) is 0. The van der Waals surface area contributed by atoms with Crippen LogP contribution in [0.1, 0.15) is 0 Å². The molecular formula is C15H9N3O4. The van der Waals surface area contributed by atoms with Gasteiger partial charge in [-0.05, 0) is 23.8 Å². The van der Waals surface area contributed by atoms with E-state index < -0.39 is 9.85 Å². The Morgan fingerprint density at radius 3 is 2.45 bits per heavy atom. The smallest absolute Gasteiger partial charge is 0.258 e. The third-order valence-corrected chi connectivity index (χ3v) is 3.31. The van der Waals surface area contributed by atoms with Crippen molar-refractivity contribution in [1.29, 1.82) is 0 Å². The number of rotatable bonds is 3. The Morgan fingerprint density at radius 2 is 1.73 bits per heavy atom. The van der Waals surface area contributed by atoms with Gasteiger partial charge in [-0.3, -0.25) is 25.2 Å². The monoisotopic (exact) mass is 295 g/mol. The first-order valence-corrected chi connectivity index (χ1v) is 6.35. The van der Waals surface area contributed by atoms with Crippen molar-refractivity contribution in [2.75, 3.05) is 0 Å². The first-order valence-electron chi connectivity index (χ1n) is 6.35. The largest absolute Gasteiger partial charge is 0.278 e. The van der Waals surface area contributed by atoms with Gasteiger partial charge in [0.25, 0.3) is 11.4 Å². The van der Waals surface area contributed by atoms with Gasteiger partial charge in [-0.2, -0.15) is 0 Å². The summed E-state index contributed by atoms with van der Waals surface area (Å²) >= 11 is 0. The Kier molecular flexibility index (Phi) is 3.23. The molecule has 0 bridgehead atoms. The van der Waals surface area contributed by atoms with Crippen LogP contribution < -0.4 is 0 Å². The van der Waals surface area contributed by atoms with Gasteiger partial charge in [0.15, 0.2) is 0 Å². The van der Waals surface area contributed by atoms with Gasteiger partial charge in [0.05, 0.1) is 20.7 Å². The average Bonchev–Trinajstić information content (AvgIpc) is 2.53. The van der Waals surface area contributed by atoms with Crippen LogP contribution in [0.5, 0.6) is 0 Å². The highest BCUT2D eigenvalue weighted by molar-refractivity contribution is 5.99. The molecule has 22 heavy (non-hydrogen) atoms. The molecule has 0 amide bonds. The van der Waals surface area contributed by atoms with Gasteiger partial charge in [-0.25, -0.2) is 0 Å². The molecule has 0 atom stereocenters. The molecule has 108 valence electrons. The SMILES string of the molecule is O=[N+]([O-])c1cccc(-c2ccc([N+](=O)[O-])c3cccnc23)c1. The van der Waals surface area contributed by atoms with Gasteiger partial charge in [0, 0.05) is 30.0 Å². The highest BCUT2D eigenvalue weighted by atomic mass is 16.6. The molecule has 0 N–H and O–H groups in total. The summed E-state index contributed by atoms with van der Waals surface area (Å²) < 4.78 is 0. The second-order valence-electron chi connectivity index (χ2n) is 4.60. The lowest BCUT2D eigenvalue weighted by molar-refractivity contribution is -0.384. The van der Waals surface area contributed by atoms with Crippen molar-refractivity contribution < 1.29 is 9.85 Å². The van der Waals surface area contributed by atoms with Crippen molar-refractivity contribution in [1.82, 2.24) is 4.98 Å². The molecule has 0 saturated carbocycles. The Morgan fingerprint density at radius 1 is 0.909 bits per heavy atom. The fourth-order valence-corrected chi connectivity index (χ4v) is 2.34. The van der Waals surface area contributed by atoms with Gasteiger partial charge in [0.2, 0.25) is 0 Å². The van der Waals surface area contributed by atoms with Crippen LogP contribution in [-0.4, -0.2) is 14.8 Å². The number of nitro groups is 2. The molecule has 0 fully saturated rings. The fraction of sp³-hybridized carbons (Fsp3) is 0. The topological polar surface area (TPSA) is 99.2 Å². The lowest BCUT2D eigenvalue weighted by Crippen LogP contribution is -1.93. The molecule has 3 aromatic rings. The normalized spacial score (nSPS) is 10.5. The molecule has 7 nitrogen and oxygen atoms in total. The summed E-state index contributed by atoms with van der Waals surface area (Å²) in [5.41, 5.74) is 1.56. The van der Waals surface area contributed by atoms with E-state index in [1.165, 1.54) is 24.4 Å². The molecule has 0 saturated heterocycles. The molecule has 0 radical (unpaired) electrons. The van der Waals surface area contributed by atoms with Gasteiger partial charge in [-0.1, -0.05) is 12.1 Å². The minimum Gasteiger partial charge on any atom is -0.258 e. The van der Waals surface area contributed by atoms with E-state index in [9.17, 15) is 20.2 Å². The predicted molar refractivity (Wildman–Crippen MR) is 80.5 cm³/mol. The lowest BCUT2D eigenvalue weighted by Gasteiger charge is -2.06. The number of fused-ring (bicyclic) bond motifs is 1. The third kappa shape index (κ3) is 2.24. The van der Waals surface area contributed by atoms with Crippen molar-refractivity contribution in [2.45, 2.75) is 0 Å². The molecule has 1 aromatic heterocycles. The number of aromatic nitrogens is 1. The van der Waals surface area contributed by atoms with Crippen LogP contribution >= 0.6 is 0 Å². The number of non-ortho nitro benzene ring substituents is 2. The summed E-state index contributed by atoms with van der Waals surface area (Å²) in [5.74, 6) is 0. The summed E-state index contributed by atoms with van der Waals surface area (Å²) in [4.78, 5) is 25.2. The Bertz CT molecular complexity index is 908. The van der Waals surface area contributed by atoms with Crippen molar-refractivity contribution >= 4 is 22.3 Å². The van der Waals surface area contributed by atoms with E-state index in [4.69, 9.17) is 0 Å². The maximum absolute atomic E-state index is 11.1. The fourth-order valence-electron chi connectivity index (χ4n) is 2.34. The summed E-state index contributed by atoms with van der Waals surface area (Å²) in [7, 11) is 0. The Balaban J connectivity index is 2.29. The van der Waals surface area contributed by atoms with E-state index in [1.807, 2.05) is 0 Å². The molecule has 7 heteroatoms. The highest BCUT2D eigenvalue weighted by Gasteiger charge is 2.17.